The van der Waals surface area contributed by atoms with E-state index in [-0.39, 0.29) is 34.5 Å². The number of hydrogen-bond acceptors (Lipinski definition) is 3. The number of hydrogen-bond donors (Lipinski definition) is 1. The van der Waals surface area contributed by atoms with Crippen molar-refractivity contribution in [3.05, 3.63) is 73.2 Å². The molecule has 2 heterocycles. The van der Waals surface area contributed by atoms with Gasteiger partial charge in [-0.25, -0.2) is 4.79 Å². The van der Waals surface area contributed by atoms with Crippen molar-refractivity contribution in [1.82, 2.24) is 14.3 Å². The van der Waals surface area contributed by atoms with E-state index < -0.39 is 28.8 Å². The molecule has 3 rings (SSSR count). The molecular weight excluding hydrogens is 458 g/mol. The average Bonchev–Trinajstić information content (AvgIpc) is 3.04. The fraction of sp³-hybridized carbons (Fsp3) is 0.250. The molecule has 1 N–H and O–H groups in total. The fourth-order valence-corrected chi connectivity index (χ4v) is 3.60. The molecule has 31 heavy (non-hydrogen) atoms. The Labute approximate surface area is 184 Å². The number of nitrogens with zero attached hydrogens (tertiary/aromatic N) is 3. The normalized spacial score (nSPS) is 11.7. The number of halogens is 5. The van der Waals surface area contributed by atoms with Crippen LogP contribution in [0, 0.1) is 6.92 Å². The quantitative estimate of drug-likeness (QED) is 0.558. The van der Waals surface area contributed by atoms with Crippen molar-refractivity contribution in [2.75, 3.05) is 0 Å². The van der Waals surface area contributed by atoms with Crippen LogP contribution in [0.4, 0.5) is 13.2 Å². The number of alkyl halides is 3. The standard InChI is InChI=1S/C20H16Cl2F3N3O3/c1-3-27-12(9-28-10(2)6-16(26-28)20(23,24)25)8-15(29)17(19(30)31)18(27)11-4-5-13(21)14(22)7-11/h4-8H,3,9H2,1-2H3,(H,30,31). The van der Waals surface area contributed by atoms with E-state index in [2.05, 4.69) is 5.10 Å². The number of rotatable bonds is 5. The Morgan fingerprint density at radius 1 is 1.16 bits per heavy atom. The molecule has 0 saturated carbocycles. The molecule has 3 aromatic rings. The number of aromatic nitrogens is 3. The van der Waals surface area contributed by atoms with Crippen LogP contribution in [-0.2, 0) is 19.3 Å². The lowest BCUT2D eigenvalue weighted by atomic mass is 10.0. The summed E-state index contributed by atoms with van der Waals surface area (Å²) in [4.78, 5) is 24.5. The molecule has 2 aromatic heterocycles. The predicted octanol–water partition coefficient (Wildman–Crippen LogP) is 5.11. The zero-order valence-electron chi connectivity index (χ0n) is 16.3. The first-order chi connectivity index (χ1) is 14.4. The SMILES string of the molecule is CCn1c(Cn2nc(C(F)(F)F)cc2C)cc(=O)c(C(=O)O)c1-c1ccc(Cl)c(Cl)c1. The van der Waals surface area contributed by atoms with Crippen molar-refractivity contribution >= 4 is 29.2 Å². The van der Waals surface area contributed by atoms with Crippen LogP contribution in [0.5, 0.6) is 0 Å². The van der Waals surface area contributed by atoms with Gasteiger partial charge in [-0.15, -0.1) is 0 Å². The molecule has 6 nitrogen and oxygen atoms in total. The number of aromatic carboxylic acids is 1. The highest BCUT2D eigenvalue weighted by Gasteiger charge is 2.34. The zero-order valence-corrected chi connectivity index (χ0v) is 17.8. The van der Waals surface area contributed by atoms with Crippen LogP contribution in [0.1, 0.15) is 34.4 Å². The van der Waals surface area contributed by atoms with Gasteiger partial charge < -0.3 is 9.67 Å². The third kappa shape index (κ3) is 4.47. The van der Waals surface area contributed by atoms with E-state index in [9.17, 15) is 27.9 Å². The molecule has 0 atom stereocenters. The van der Waals surface area contributed by atoms with Crippen molar-refractivity contribution < 1.29 is 23.1 Å². The lowest BCUT2D eigenvalue weighted by Crippen LogP contribution is -2.25. The first kappa shape index (κ1) is 22.9. The molecule has 0 saturated heterocycles. The molecule has 0 unspecified atom stereocenters. The maximum Gasteiger partial charge on any atom is 0.435 e. The Morgan fingerprint density at radius 3 is 2.35 bits per heavy atom. The molecule has 11 heteroatoms. The molecular formula is C20H16Cl2F3N3O3. The Hall–Kier alpha value is -2.78. The second kappa shape index (κ2) is 8.39. The Morgan fingerprint density at radius 2 is 1.84 bits per heavy atom. The summed E-state index contributed by atoms with van der Waals surface area (Å²) in [5.74, 6) is -1.44. The van der Waals surface area contributed by atoms with E-state index in [1.54, 1.807) is 11.5 Å². The van der Waals surface area contributed by atoms with E-state index in [1.807, 2.05) is 0 Å². The van der Waals surface area contributed by atoms with Crippen molar-refractivity contribution in [1.29, 1.82) is 0 Å². The van der Waals surface area contributed by atoms with Gasteiger partial charge in [-0.3, -0.25) is 9.48 Å². The summed E-state index contributed by atoms with van der Waals surface area (Å²) in [7, 11) is 0. The summed E-state index contributed by atoms with van der Waals surface area (Å²) in [6.45, 7) is 3.25. The average molecular weight is 474 g/mol. The van der Waals surface area contributed by atoms with Crippen molar-refractivity contribution in [3.63, 3.8) is 0 Å². The first-order valence-corrected chi connectivity index (χ1v) is 9.76. The van der Waals surface area contributed by atoms with Crippen molar-refractivity contribution in [2.45, 2.75) is 33.1 Å². The summed E-state index contributed by atoms with van der Waals surface area (Å²) in [6, 6.07) is 6.42. The van der Waals surface area contributed by atoms with Gasteiger partial charge in [0, 0.05) is 29.6 Å². The van der Waals surface area contributed by atoms with Gasteiger partial charge in [0.2, 0.25) is 0 Å². The zero-order chi connectivity index (χ0) is 23.1. The highest BCUT2D eigenvalue weighted by Crippen LogP contribution is 2.31. The van der Waals surface area contributed by atoms with Gasteiger partial charge >= 0.3 is 12.1 Å². The molecule has 0 amide bonds. The van der Waals surface area contributed by atoms with Gasteiger partial charge in [-0.2, -0.15) is 18.3 Å². The molecule has 0 radical (unpaired) electrons. The highest BCUT2D eigenvalue weighted by molar-refractivity contribution is 6.42. The summed E-state index contributed by atoms with van der Waals surface area (Å²) in [5, 5.41) is 13.6. The number of aryl methyl sites for hydroxylation is 1. The van der Waals surface area contributed by atoms with Gasteiger partial charge in [0.15, 0.2) is 11.1 Å². The number of carboxylic acids is 1. The second-order valence-corrected chi connectivity index (χ2v) is 7.54. The highest BCUT2D eigenvalue weighted by atomic mass is 35.5. The Balaban J connectivity index is 2.25. The van der Waals surface area contributed by atoms with E-state index >= 15 is 0 Å². The Bertz CT molecular complexity index is 1230. The van der Waals surface area contributed by atoms with Crippen LogP contribution in [-0.4, -0.2) is 25.4 Å². The van der Waals surface area contributed by atoms with E-state index in [1.165, 1.54) is 25.1 Å². The molecule has 0 spiro atoms. The smallest absolute Gasteiger partial charge is 0.435 e. The third-order valence-electron chi connectivity index (χ3n) is 4.70. The minimum atomic E-state index is -4.61. The monoisotopic (exact) mass is 473 g/mol. The number of carbonyl (C=O) groups is 1. The largest absolute Gasteiger partial charge is 0.477 e. The van der Waals surface area contributed by atoms with Crippen LogP contribution in [0.15, 0.2) is 35.1 Å². The fourth-order valence-electron chi connectivity index (χ4n) is 3.30. The lowest BCUT2D eigenvalue weighted by Gasteiger charge is -2.20. The van der Waals surface area contributed by atoms with Gasteiger partial charge in [0.05, 0.1) is 22.3 Å². The topological polar surface area (TPSA) is 77.1 Å². The molecule has 0 fully saturated rings. The summed E-state index contributed by atoms with van der Waals surface area (Å²) in [6.07, 6.45) is -4.61. The Kier molecular flexibility index (Phi) is 6.20. The minimum Gasteiger partial charge on any atom is -0.477 e. The van der Waals surface area contributed by atoms with Gasteiger partial charge in [0.25, 0.3) is 0 Å². The number of pyridine rings is 1. The molecule has 0 aliphatic carbocycles. The van der Waals surface area contributed by atoms with Crippen LogP contribution in [0.2, 0.25) is 10.0 Å². The molecule has 0 bridgehead atoms. The van der Waals surface area contributed by atoms with E-state index in [4.69, 9.17) is 23.2 Å². The van der Waals surface area contributed by atoms with Crippen molar-refractivity contribution in [2.24, 2.45) is 0 Å². The predicted molar refractivity (Wildman–Crippen MR) is 110 cm³/mol. The minimum absolute atomic E-state index is 0.0805. The summed E-state index contributed by atoms with van der Waals surface area (Å²) in [5.41, 5.74) is -1.37. The third-order valence-corrected chi connectivity index (χ3v) is 5.44. The van der Waals surface area contributed by atoms with Crippen LogP contribution >= 0.6 is 23.2 Å². The first-order valence-electron chi connectivity index (χ1n) is 9.01. The number of benzene rings is 1. The van der Waals surface area contributed by atoms with Gasteiger partial charge in [-0.05, 0) is 32.0 Å². The molecule has 0 aliphatic heterocycles. The van der Waals surface area contributed by atoms with E-state index in [0.29, 0.717) is 11.3 Å². The van der Waals surface area contributed by atoms with Crippen LogP contribution in [0.3, 0.4) is 0 Å². The van der Waals surface area contributed by atoms with Crippen LogP contribution < -0.4 is 5.43 Å². The lowest BCUT2D eigenvalue weighted by molar-refractivity contribution is -0.141. The summed E-state index contributed by atoms with van der Waals surface area (Å²) < 4.78 is 41.7. The van der Waals surface area contributed by atoms with E-state index in [0.717, 1.165) is 16.8 Å². The van der Waals surface area contributed by atoms with Crippen molar-refractivity contribution in [3.8, 4) is 11.3 Å². The maximum absolute atomic E-state index is 13.0. The number of carboxylic acid groups (broad SMARTS) is 1. The summed E-state index contributed by atoms with van der Waals surface area (Å²) >= 11 is 12.0. The van der Waals surface area contributed by atoms with Gasteiger partial charge in [-0.1, -0.05) is 29.3 Å². The molecule has 1 aromatic carbocycles. The maximum atomic E-state index is 13.0. The second-order valence-electron chi connectivity index (χ2n) is 6.73. The molecule has 0 aliphatic rings. The van der Waals surface area contributed by atoms with Gasteiger partial charge in [0.1, 0.15) is 5.56 Å². The van der Waals surface area contributed by atoms with Crippen LogP contribution in [0.25, 0.3) is 11.3 Å². The molecule has 164 valence electrons.